The number of hydrogen-bond acceptors (Lipinski definition) is 1. The summed E-state index contributed by atoms with van der Waals surface area (Å²) in [7, 11) is 0. The summed E-state index contributed by atoms with van der Waals surface area (Å²) >= 11 is 3.13. The van der Waals surface area contributed by atoms with Crippen LogP contribution < -0.4 is 0 Å². The predicted molar refractivity (Wildman–Crippen MR) is 77.6 cm³/mol. The largest absolute Gasteiger partial charge is 0.339 e. The Morgan fingerprint density at radius 2 is 2.21 bits per heavy atom. The number of hydrogen-bond donors (Lipinski definition) is 0. The van der Waals surface area contributed by atoms with Crippen molar-refractivity contribution in [1.29, 1.82) is 0 Å². The van der Waals surface area contributed by atoms with E-state index >= 15 is 0 Å². The van der Waals surface area contributed by atoms with Gasteiger partial charge in [-0.3, -0.25) is 4.79 Å². The van der Waals surface area contributed by atoms with E-state index in [0.29, 0.717) is 10.4 Å². The van der Waals surface area contributed by atoms with Crippen LogP contribution in [0.3, 0.4) is 0 Å². The van der Waals surface area contributed by atoms with Crippen LogP contribution in [0.5, 0.6) is 0 Å². The standard InChI is InChI=1S/C15H19BrFNO/c1-2-11-5-4-9-18(10-8-11)15(19)12-6-3-7-13(16)14(12)17/h3,6-7,11H,2,4-5,8-10H2,1H3. The Kier molecular flexibility index (Phi) is 4.97. The van der Waals surface area contributed by atoms with Gasteiger partial charge >= 0.3 is 0 Å². The average Bonchev–Trinajstić information content (AvgIpc) is 2.66. The van der Waals surface area contributed by atoms with Crippen LogP contribution in [0.1, 0.15) is 43.0 Å². The van der Waals surface area contributed by atoms with Crippen molar-refractivity contribution in [2.75, 3.05) is 13.1 Å². The Bertz CT molecular complexity index is 463. The Hall–Kier alpha value is -0.900. The second-order valence-electron chi connectivity index (χ2n) is 5.10. The molecule has 0 radical (unpaired) electrons. The summed E-state index contributed by atoms with van der Waals surface area (Å²) in [6, 6.07) is 4.87. The van der Waals surface area contributed by atoms with Gasteiger partial charge in [-0.25, -0.2) is 4.39 Å². The molecule has 19 heavy (non-hydrogen) atoms. The van der Waals surface area contributed by atoms with Crippen molar-refractivity contribution >= 4 is 21.8 Å². The van der Waals surface area contributed by atoms with Crippen LogP contribution in [-0.4, -0.2) is 23.9 Å². The maximum Gasteiger partial charge on any atom is 0.256 e. The van der Waals surface area contributed by atoms with Gasteiger partial charge in [0.15, 0.2) is 0 Å². The molecule has 0 saturated carbocycles. The van der Waals surface area contributed by atoms with E-state index in [1.54, 1.807) is 23.1 Å². The molecule has 1 aromatic rings. The van der Waals surface area contributed by atoms with Crippen molar-refractivity contribution in [1.82, 2.24) is 4.90 Å². The first-order chi connectivity index (χ1) is 9.13. The van der Waals surface area contributed by atoms with Crippen molar-refractivity contribution in [2.24, 2.45) is 5.92 Å². The molecule has 1 heterocycles. The number of rotatable bonds is 2. The van der Waals surface area contributed by atoms with Gasteiger partial charge in [0.2, 0.25) is 0 Å². The number of benzene rings is 1. The van der Waals surface area contributed by atoms with Crippen LogP contribution in [0, 0.1) is 11.7 Å². The molecule has 0 N–H and O–H groups in total. The Balaban J connectivity index is 2.13. The molecule has 0 spiro atoms. The normalized spacial score (nSPS) is 20.2. The topological polar surface area (TPSA) is 20.3 Å². The van der Waals surface area contributed by atoms with Crippen molar-refractivity contribution < 1.29 is 9.18 Å². The predicted octanol–water partition coefficient (Wildman–Crippen LogP) is 4.24. The van der Waals surface area contributed by atoms with Gasteiger partial charge < -0.3 is 4.90 Å². The molecule has 2 nitrogen and oxygen atoms in total. The lowest BCUT2D eigenvalue weighted by atomic mass is 9.98. The number of amides is 1. The number of likely N-dealkylation sites (tertiary alicyclic amines) is 1. The first kappa shape index (κ1) is 14.5. The Labute approximate surface area is 122 Å². The molecule has 104 valence electrons. The van der Waals surface area contributed by atoms with E-state index in [1.807, 2.05) is 0 Å². The van der Waals surface area contributed by atoms with Crippen LogP contribution in [0.25, 0.3) is 0 Å². The van der Waals surface area contributed by atoms with Gasteiger partial charge in [0.05, 0.1) is 10.0 Å². The van der Waals surface area contributed by atoms with E-state index in [1.165, 1.54) is 6.42 Å². The van der Waals surface area contributed by atoms with Gasteiger partial charge in [0.1, 0.15) is 5.82 Å². The number of carbonyl (C=O) groups excluding carboxylic acids is 1. The first-order valence-electron chi connectivity index (χ1n) is 6.86. The molecule has 0 aliphatic carbocycles. The zero-order valence-corrected chi connectivity index (χ0v) is 12.7. The fourth-order valence-corrected chi connectivity index (χ4v) is 2.98. The average molecular weight is 328 g/mol. The Morgan fingerprint density at radius 1 is 1.42 bits per heavy atom. The van der Waals surface area contributed by atoms with Gasteiger partial charge in [0.25, 0.3) is 5.91 Å². The molecule has 0 bridgehead atoms. The molecule has 1 aliphatic heterocycles. The summed E-state index contributed by atoms with van der Waals surface area (Å²) in [6.07, 6.45) is 4.37. The van der Waals surface area contributed by atoms with E-state index in [9.17, 15) is 9.18 Å². The van der Waals surface area contributed by atoms with Crippen molar-refractivity contribution in [3.05, 3.63) is 34.1 Å². The highest BCUT2D eigenvalue weighted by atomic mass is 79.9. The minimum atomic E-state index is -0.455. The second kappa shape index (κ2) is 6.51. The minimum Gasteiger partial charge on any atom is -0.339 e. The van der Waals surface area contributed by atoms with Gasteiger partial charge in [-0.2, -0.15) is 0 Å². The first-order valence-corrected chi connectivity index (χ1v) is 7.66. The summed E-state index contributed by atoms with van der Waals surface area (Å²) in [6.45, 7) is 3.67. The molecule has 0 aromatic heterocycles. The summed E-state index contributed by atoms with van der Waals surface area (Å²) in [4.78, 5) is 14.2. The van der Waals surface area contributed by atoms with E-state index in [4.69, 9.17) is 0 Å². The van der Waals surface area contributed by atoms with E-state index in [2.05, 4.69) is 22.9 Å². The van der Waals surface area contributed by atoms with Crippen LogP contribution in [-0.2, 0) is 0 Å². The molecular weight excluding hydrogens is 309 g/mol. The van der Waals surface area contributed by atoms with E-state index in [-0.39, 0.29) is 11.5 Å². The van der Waals surface area contributed by atoms with Crippen LogP contribution >= 0.6 is 15.9 Å². The molecule has 1 aromatic carbocycles. The quantitative estimate of drug-likeness (QED) is 0.795. The van der Waals surface area contributed by atoms with Gasteiger partial charge in [-0.15, -0.1) is 0 Å². The number of carbonyl (C=O) groups is 1. The second-order valence-corrected chi connectivity index (χ2v) is 5.95. The molecule has 1 amide bonds. The lowest BCUT2D eigenvalue weighted by molar-refractivity contribution is 0.0755. The summed E-state index contributed by atoms with van der Waals surface area (Å²) in [5.74, 6) is 0.0597. The van der Waals surface area contributed by atoms with Crippen molar-refractivity contribution in [2.45, 2.75) is 32.6 Å². The number of halogens is 2. The van der Waals surface area contributed by atoms with Crippen LogP contribution in [0.4, 0.5) is 4.39 Å². The van der Waals surface area contributed by atoms with Crippen LogP contribution in [0.15, 0.2) is 22.7 Å². The fraction of sp³-hybridized carbons (Fsp3) is 0.533. The highest BCUT2D eigenvalue weighted by molar-refractivity contribution is 9.10. The molecule has 1 atom stereocenters. The SMILES string of the molecule is CCC1CCCN(C(=O)c2cccc(Br)c2F)CC1. The van der Waals surface area contributed by atoms with Crippen molar-refractivity contribution in [3.63, 3.8) is 0 Å². The van der Waals surface area contributed by atoms with Gasteiger partial charge in [-0.05, 0) is 53.2 Å². The molecule has 4 heteroatoms. The minimum absolute atomic E-state index is 0.171. The molecule has 2 rings (SSSR count). The van der Waals surface area contributed by atoms with Crippen molar-refractivity contribution in [3.8, 4) is 0 Å². The van der Waals surface area contributed by atoms with E-state index in [0.717, 1.165) is 32.4 Å². The fourth-order valence-electron chi connectivity index (χ4n) is 2.62. The lowest BCUT2D eigenvalue weighted by Crippen LogP contribution is -2.32. The summed E-state index contributed by atoms with van der Waals surface area (Å²) in [5, 5.41) is 0. The highest BCUT2D eigenvalue weighted by Crippen LogP contribution is 2.24. The van der Waals surface area contributed by atoms with Gasteiger partial charge in [0, 0.05) is 13.1 Å². The van der Waals surface area contributed by atoms with Gasteiger partial charge in [-0.1, -0.05) is 19.4 Å². The highest BCUT2D eigenvalue weighted by Gasteiger charge is 2.23. The summed E-state index contributed by atoms with van der Waals surface area (Å²) in [5.41, 5.74) is 0.171. The molecule has 1 saturated heterocycles. The Morgan fingerprint density at radius 3 is 2.95 bits per heavy atom. The molecule has 1 unspecified atom stereocenters. The third-order valence-corrected chi connectivity index (χ3v) is 4.51. The maximum atomic E-state index is 14.0. The third-order valence-electron chi connectivity index (χ3n) is 3.89. The molecular formula is C15H19BrFNO. The zero-order valence-electron chi connectivity index (χ0n) is 11.2. The maximum absolute atomic E-state index is 14.0. The van der Waals surface area contributed by atoms with E-state index < -0.39 is 5.82 Å². The monoisotopic (exact) mass is 327 g/mol. The zero-order chi connectivity index (χ0) is 13.8. The molecule has 1 aliphatic rings. The van der Waals surface area contributed by atoms with Crippen LogP contribution in [0.2, 0.25) is 0 Å². The number of nitrogens with zero attached hydrogens (tertiary/aromatic N) is 1. The summed E-state index contributed by atoms with van der Waals surface area (Å²) < 4.78 is 14.3. The third kappa shape index (κ3) is 3.35. The smallest absolute Gasteiger partial charge is 0.256 e. The lowest BCUT2D eigenvalue weighted by Gasteiger charge is -2.21. The molecule has 1 fully saturated rings.